The van der Waals surface area contributed by atoms with E-state index in [0.717, 1.165) is 12.8 Å². The molecule has 1 saturated heterocycles. The molecule has 0 aromatic heterocycles. The Kier molecular flexibility index (Phi) is 6.20. The van der Waals surface area contributed by atoms with Gasteiger partial charge in [0.15, 0.2) is 0 Å². The van der Waals surface area contributed by atoms with E-state index in [1.165, 1.54) is 12.7 Å². The first-order valence-corrected chi connectivity index (χ1v) is 10.1. The van der Waals surface area contributed by atoms with E-state index >= 15 is 0 Å². The number of ether oxygens (including phenoxy) is 1. The summed E-state index contributed by atoms with van der Waals surface area (Å²) in [4.78, 5) is 12.5. The summed E-state index contributed by atoms with van der Waals surface area (Å²) in [5.41, 5.74) is 6.38. The minimum atomic E-state index is -0.709. The van der Waals surface area contributed by atoms with E-state index in [1.54, 1.807) is 0 Å². The molecule has 1 aliphatic heterocycles. The maximum Gasteiger partial charge on any atom is 0.481 e. The van der Waals surface area contributed by atoms with Gasteiger partial charge in [-0.2, -0.15) is 0 Å². The van der Waals surface area contributed by atoms with Crippen molar-refractivity contribution in [3.63, 3.8) is 0 Å². The minimum absolute atomic E-state index is 0.179. The number of rotatable bonds is 8. The summed E-state index contributed by atoms with van der Waals surface area (Å²) in [5.74, 6) is 0.523. The normalized spacial score (nSPS) is 27.3. The monoisotopic (exact) mass is 388 g/mol. The molecule has 154 valence electrons. The van der Waals surface area contributed by atoms with Crippen LogP contribution in [0.4, 0.5) is 0 Å². The number of hydrogen-bond donors (Lipinski definition) is 2. The van der Waals surface area contributed by atoms with Crippen LogP contribution in [-0.2, 0) is 18.8 Å². The molecule has 2 fully saturated rings. The minimum Gasteiger partial charge on any atom is -0.402 e. The fraction of sp³-hybridized carbons (Fsp3) is 0.667. The summed E-state index contributed by atoms with van der Waals surface area (Å²) in [7, 11) is 1.04. The van der Waals surface area contributed by atoms with Crippen LogP contribution in [-0.4, -0.2) is 49.9 Å². The zero-order valence-corrected chi connectivity index (χ0v) is 17.6. The summed E-state index contributed by atoms with van der Waals surface area (Å²) in [5, 5.41) is 3.07. The Morgan fingerprint density at radius 3 is 2.43 bits per heavy atom. The molecule has 3 N–H and O–H groups in total. The largest absolute Gasteiger partial charge is 0.481 e. The Morgan fingerprint density at radius 2 is 1.86 bits per heavy atom. The van der Waals surface area contributed by atoms with Crippen LogP contribution >= 0.6 is 0 Å². The lowest BCUT2D eigenvalue weighted by atomic mass is 9.74. The van der Waals surface area contributed by atoms with E-state index in [1.807, 2.05) is 33.8 Å². The van der Waals surface area contributed by atoms with E-state index in [0.29, 0.717) is 11.8 Å². The third kappa shape index (κ3) is 4.59. The van der Waals surface area contributed by atoms with Gasteiger partial charge in [0.05, 0.1) is 23.8 Å². The van der Waals surface area contributed by atoms with Crippen molar-refractivity contribution in [3.8, 4) is 0 Å². The molecule has 7 heteroatoms. The first-order valence-electron chi connectivity index (χ1n) is 10.1. The fourth-order valence-corrected chi connectivity index (χ4v) is 3.78. The molecule has 1 saturated carbocycles. The molecule has 4 atom stereocenters. The van der Waals surface area contributed by atoms with Crippen LogP contribution in [0.15, 0.2) is 30.3 Å². The van der Waals surface area contributed by atoms with Crippen LogP contribution in [0.1, 0.15) is 52.0 Å². The van der Waals surface area contributed by atoms with Gasteiger partial charge in [0.2, 0.25) is 5.91 Å². The van der Waals surface area contributed by atoms with Gasteiger partial charge in [0, 0.05) is 7.11 Å². The van der Waals surface area contributed by atoms with Crippen LogP contribution < -0.4 is 11.1 Å². The zero-order chi connectivity index (χ0) is 20.5. The van der Waals surface area contributed by atoms with Crippen LogP contribution in [0.2, 0.25) is 0 Å². The number of hydrogen-bond acceptors (Lipinski definition) is 5. The van der Waals surface area contributed by atoms with Crippen LogP contribution in [0.25, 0.3) is 0 Å². The summed E-state index contributed by atoms with van der Waals surface area (Å²) in [6.07, 6.45) is 1.90. The first-order chi connectivity index (χ1) is 13.1. The molecular weight excluding hydrogens is 355 g/mol. The molecule has 0 radical (unpaired) electrons. The number of carbonyl (C=O) groups is 1. The Labute approximate surface area is 168 Å². The highest BCUT2D eigenvalue weighted by molar-refractivity contribution is 6.48. The lowest BCUT2D eigenvalue weighted by Gasteiger charge is -2.32. The smallest absolute Gasteiger partial charge is 0.402 e. The molecule has 0 spiro atoms. The molecular formula is C21H33BN2O4. The topological polar surface area (TPSA) is 82.8 Å². The molecule has 0 bridgehead atoms. The molecule has 1 amide bonds. The third-order valence-electron chi connectivity index (χ3n) is 6.32. The summed E-state index contributed by atoms with van der Waals surface area (Å²) in [6.45, 7) is 8.26. The van der Waals surface area contributed by atoms with Crippen molar-refractivity contribution in [2.45, 2.75) is 69.6 Å². The average molecular weight is 388 g/mol. The van der Waals surface area contributed by atoms with E-state index in [2.05, 4.69) is 29.6 Å². The number of methoxy groups -OCH3 is 1. The summed E-state index contributed by atoms with van der Waals surface area (Å²) >= 11 is 0. The van der Waals surface area contributed by atoms with Crippen molar-refractivity contribution in [3.05, 3.63) is 35.9 Å². The molecule has 1 heterocycles. The molecule has 28 heavy (non-hydrogen) atoms. The number of amides is 1. The maximum atomic E-state index is 12.5. The SMILES string of the molecule is COCC(N)C(=O)NC(C[C@H]1C[C@@H]1c1ccccc1)B1OC(C)(C)C(C)(C)O1. The predicted molar refractivity (Wildman–Crippen MR) is 110 cm³/mol. The maximum absolute atomic E-state index is 12.5. The van der Waals surface area contributed by atoms with Gasteiger partial charge in [-0.3, -0.25) is 4.79 Å². The molecule has 3 rings (SSSR count). The molecule has 2 aliphatic rings. The number of nitrogens with two attached hydrogens (primary N) is 1. The Morgan fingerprint density at radius 1 is 1.25 bits per heavy atom. The highest BCUT2D eigenvalue weighted by Crippen LogP contribution is 2.50. The third-order valence-corrected chi connectivity index (χ3v) is 6.32. The van der Waals surface area contributed by atoms with Gasteiger partial charge in [0.25, 0.3) is 0 Å². The van der Waals surface area contributed by atoms with Crippen molar-refractivity contribution in [1.29, 1.82) is 0 Å². The molecule has 6 nitrogen and oxygen atoms in total. The fourth-order valence-electron chi connectivity index (χ4n) is 3.78. The lowest BCUT2D eigenvalue weighted by molar-refractivity contribution is -0.123. The standard InChI is InChI=1S/C21H33BN2O4/c1-20(2)21(3,4)28-22(27-20)18(24-19(25)17(23)13-26-5)12-15-11-16(15)14-9-7-6-8-10-14/h6-10,15-18H,11-13,23H2,1-5H3,(H,24,25)/t15-,16-,17?,18?/m1/s1. The molecule has 1 aromatic rings. The van der Waals surface area contributed by atoms with Crippen molar-refractivity contribution in [2.75, 3.05) is 13.7 Å². The zero-order valence-electron chi connectivity index (χ0n) is 17.6. The Hall–Kier alpha value is -1.41. The first kappa shape index (κ1) is 21.3. The van der Waals surface area contributed by atoms with Gasteiger partial charge in [0.1, 0.15) is 6.04 Å². The summed E-state index contributed by atoms with van der Waals surface area (Å²) < 4.78 is 17.5. The van der Waals surface area contributed by atoms with Crippen molar-refractivity contribution < 1.29 is 18.8 Å². The molecule has 2 unspecified atom stereocenters. The van der Waals surface area contributed by atoms with Gasteiger partial charge in [-0.05, 0) is 57.9 Å². The highest BCUT2D eigenvalue weighted by Gasteiger charge is 2.55. The number of nitrogens with one attached hydrogen (secondary N) is 1. The van der Waals surface area contributed by atoms with Gasteiger partial charge in [-0.25, -0.2) is 0 Å². The van der Waals surface area contributed by atoms with E-state index in [9.17, 15) is 4.79 Å². The van der Waals surface area contributed by atoms with Crippen LogP contribution in [0.5, 0.6) is 0 Å². The predicted octanol–water partition coefficient (Wildman–Crippen LogP) is 2.27. The van der Waals surface area contributed by atoms with E-state index in [-0.39, 0.29) is 18.5 Å². The Balaban J connectivity index is 1.70. The van der Waals surface area contributed by atoms with Crippen molar-refractivity contribution >= 4 is 13.0 Å². The second kappa shape index (κ2) is 8.15. The van der Waals surface area contributed by atoms with Gasteiger partial charge in [-0.1, -0.05) is 30.3 Å². The van der Waals surface area contributed by atoms with Crippen LogP contribution in [0, 0.1) is 5.92 Å². The van der Waals surface area contributed by atoms with Crippen molar-refractivity contribution in [2.24, 2.45) is 11.7 Å². The van der Waals surface area contributed by atoms with Gasteiger partial charge in [-0.15, -0.1) is 0 Å². The molecule has 1 aliphatic carbocycles. The molecule has 1 aromatic carbocycles. The van der Waals surface area contributed by atoms with Crippen molar-refractivity contribution in [1.82, 2.24) is 5.32 Å². The van der Waals surface area contributed by atoms with Gasteiger partial charge >= 0.3 is 7.12 Å². The lowest BCUT2D eigenvalue weighted by Crippen LogP contribution is -2.54. The second-order valence-corrected chi connectivity index (χ2v) is 9.05. The van der Waals surface area contributed by atoms with Gasteiger partial charge < -0.3 is 25.1 Å². The van der Waals surface area contributed by atoms with E-state index < -0.39 is 24.4 Å². The Bertz CT molecular complexity index is 666. The van der Waals surface area contributed by atoms with E-state index in [4.69, 9.17) is 19.8 Å². The highest BCUT2D eigenvalue weighted by atomic mass is 16.7. The quantitative estimate of drug-likeness (QED) is 0.668. The summed E-state index contributed by atoms with van der Waals surface area (Å²) in [6, 6.07) is 9.80. The number of benzene rings is 1. The van der Waals surface area contributed by atoms with Crippen LogP contribution in [0.3, 0.4) is 0 Å². The number of carbonyl (C=O) groups excluding carboxylic acids is 1. The second-order valence-electron chi connectivity index (χ2n) is 9.05. The average Bonchev–Trinajstić information content (AvgIpc) is 3.35.